The van der Waals surface area contributed by atoms with Crippen LogP contribution in [0.15, 0.2) is 194 Å². The fourth-order valence-corrected chi connectivity index (χ4v) is 8.54. The molecule has 2 heterocycles. The van der Waals surface area contributed by atoms with Gasteiger partial charge in [-0.3, -0.25) is 0 Å². The van der Waals surface area contributed by atoms with Gasteiger partial charge in [0.05, 0.1) is 11.4 Å². The summed E-state index contributed by atoms with van der Waals surface area (Å²) in [5.74, 6) is 0.708. The van der Waals surface area contributed by atoms with Crippen molar-refractivity contribution in [1.29, 1.82) is 0 Å². The fraction of sp³-hybridized carbons (Fsp3) is 0. The second-order valence-corrected chi connectivity index (χ2v) is 14.5. The lowest BCUT2D eigenvalue weighted by molar-refractivity contribution is 1.19. The summed E-state index contributed by atoms with van der Waals surface area (Å²) < 4.78 is 2.60. The zero-order chi connectivity index (χ0) is 35.1. The highest BCUT2D eigenvalue weighted by atomic mass is 32.1. The number of nitrogens with zero attached hydrogens (tertiary/aromatic N) is 2. The smallest absolute Gasteiger partial charge is 0.161 e. The van der Waals surface area contributed by atoms with Gasteiger partial charge in [0.1, 0.15) is 0 Å². The number of hydrogen-bond donors (Lipinski definition) is 0. The third-order valence-electron chi connectivity index (χ3n) is 10.1. The zero-order valence-electron chi connectivity index (χ0n) is 28.8. The number of benzene rings is 8. The van der Waals surface area contributed by atoms with Crippen LogP contribution in [0, 0.1) is 0 Å². The minimum Gasteiger partial charge on any atom is -0.228 e. The maximum absolute atomic E-state index is 5.35. The highest BCUT2D eigenvalue weighted by Gasteiger charge is 2.16. The Morgan fingerprint density at radius 2 is 0.830 bits per heavy atom. The molecule has 2 nitrogen and oxygen atoms in total. The molecule has 0 saturated heterocycles. The fourth-order valence-electron chi connectivity index (χ4n) is 7.39. The molecule has 3 heteroatoms. The Kier molecular flexibility index (Phi) is 7.71. The van der Waals surface area contributed by atoms with Gasteiger partial charge in [-0.2, -0.15) is 0 Å². The third kappa shape index (κ3) is 5.87. The molecule has 0 aliphatic heterocycles. The van der Waals surface area contributed by atoms with Crippen LogP contribution in [0.4, 0.5) is 0 Å². The van der Waals surface area contributed by atoms with Gasteiger partial charge in [0, 0.05) is 36.9 Å². The van der Waals surface area contributed by atoms with Crippen LogP contribution in [0.2, 0.25) is 0 Å². The first-order valence-electron chi connectivity index (χ1n) is 17.9. The maximum Gasteiger partial charge on any atom is 0.161 e. The predicted octanol–water partition coefficient (Wildman–Crippen LogP) is 14.0. The summed E-state index contributed by atoms with van der Waals surface area (Å²) in [5.41, 5.74) is 11.9. The standard InChI is InChI=1S/C50H32N2S/c1-3-12-33(13-4-1)35-22-24-37(25-23-35)46-32-47(52-50(51-46)45-20-11-17-36-16-7-8-18-42(36)45)41-29-39(34-14-5-2-6-15-34)28-40(30-41)38-26-27-44-43-19-9-10-21-48(43)53-49(44)31-38/h1-32H. The van der Waals surface area contributed by atoms with Gasteiger partial charge in [0.2, 0.25) is 0 Å². The number of thiophene rings is 1. The van der Waals surface area contributed by atoms with Crippen molar-refractivity contribution in [2.45, 2.75) is 0 Å². The van der Waals surface area contributed by atoms with Crippen LogP contribution in [0.5, 0.6) is 0 Å². The number of rotatable bonds is 6. The van der Waals surface area contributed by atoms with Crippen molar-refractivity contribution in [2.75, 3.05) is 0 Å². The molecule has 10 rings (SSSR count). The Morgan fingerprint density at radius 3 is 1.60 bits per heavy atom. The summed E-state index contributed by atoms with van der Waals surface area (Å²) in [7, 11) is 0. The van der Waals surface area contributed by atoms with Gasteiger partial charge < -0.3 is 0 Å². The van der Waals surface area contributed by atoms with Crippen LogP contribution < -0.4 is 0 Å². The molecule has 0 fully saturated rings. The summed E-state index contributed by atoms with van der Waals surface area (Å²) in [6, 6.07) is 69.3. The van der Waals surface area contributed by atoms with Gasteiger partial charge in [-0.05, 0) is 80.6 Å². The molecule has 0 aliphatic carbocycles. The Balaban J connectivity index is 1.17. The van der Waals surface area contributed by atoms with E-state index in [4.69, 9.17) is 9.97 Å². The Hall–Kier alpha value is -6.68. The van der Waals surface area contributed by atoms with Crippen molar-refractivity contribution in [2.24, 2.45) is 0 Å². The minimum absolute atomic E-state index is 0.708. The van der Waals surface area contributed by atoms with E-state index in [1.54, 1.807) is 0 Å². The summed E-state index contributed by atoms with van der Waals surface area (Å²) in [5, 5.41) is 4.90. The van der Waals surface area contributed by atoms with Gasteiger partial charge in [0.15, 0.2) is 5.82 Å². The van der Waals surface area contributed by atoms with Crippen molar-refractivity contribution >= 4 is 42.3 Å². The monoisotopic (exact) mass is 692 g/mol. The summed E-state index contributed by atoms with van der Waals surface area (Å²) in [6.45, 7) is 0. The molecule has 0 bridgehead atoms. The van der Waals surface area contributed by atoms with Crippen LogP contribution in [0.25, 0.3) is 98.2 Å². The molecule has 10 aromatic rings. The van der Waals surface area contributed by atoms with Crippen molar-refractivity contribution < 1.29 is 0 Å². The van der Waals surface area contributed by atoms with E-state index >= 15 is 0 Å². The summed E-state index contributed by atoms with van der Waals surface area (Å²) in [4.78, 5) is 10.6. The van der Waals surface area contributed by atoms with E-state index in [-0.39, 0.29) is 0 Å². The molecule has 8 aromatic carbocycles. The average Bonchev–Trinajstić information content (AvgIpc) is 3.62. The third-order valence-corrected chi connectivity index (χ3v) is 11.2. The van der Waals surface area contributed by atoms with E-state index in [1.807, 2.05) is 11.3 Å². The van der Waals surface area contributed by atoms with Gasteiger partial charge >= 0.3 is 0 Å². The van der Waals surface area contributed by atoms with Gasteiger partial charge in [-0.25, -0.2) is 9.97 Å². The van der Waals surface area contributed by atoms with Gasteiger partial charge in [-0.15, -0.1) is 11.3 Å². The van der Waals surface area contributed by atoms with Gasteiger partial charge in [-0.1, -0.05) is 158 Å². The maximum atomic E-state index is 5.35. The molecular weight excluding hydrogens is 661 g/mol. The first-order chi connectivity index (χ1) is 26.2. The van der Waals surface area contributed by atoms with Crippen molar-refractivity contribution in [3.8, 4) is 67.3 Å². The second-order valence-electron chi connectivity index (χ2n) is 13.4. The van der Waals surface area contributed by atoms with Crippen LogP contribution >= 0.6 is 11.3 Å². The largest absolute Gasteiger partial charge is 0.228 e. The highest BCUT2D eigenvalue weighted by molar-refractivity contribution is 7.25. The van der Waals surface area contributed by atoms with E-state index < -0.39 is 0 Å². The number of aromatic nitrogens is 2. The van der Waals surface area contributed by atoms with E-state index in [0.717, 1.165) is 50.0 Å². The zero-order valence-corrected chi connectivity index (χ0v) is 29.6. The Morgan fingerprint density at radius 1 is 0.302 bits per heavy atom. The molecule has 0 amide bonds. The topological polar surface area (TPSA) is 25.8 Å². The summed E-state index contributed by atoms with van der Waals surface area (Å²) >= 11 is 1.85. The molecule has 0 saturated carbocycles. The second kappa shape index (κ2) is 13.1. The van der Waals surface area contributed by atoms with Crippen molar-refractivity contribution in [1.82, 2.24) is 9.97 Å². The lowest BCUT2D eigenvalue weighted by atomic mass is 9.94. The molecule has 0 aliphatic rings. The normalized spacial score (nSPS) is 11.4. The Labute approximate surface area is 312 Å². The van der Waals surface area contributed by atoms with Crippen LogP contribution in [-0.4, -0.2) is 9.97 Å². The van der Waals surface area contributed by atoms with Crippen molar-refractivity contribution in [3.05, 3.63) is 194 Å². The van der Waals surface area contributed by atoms with E-state index in [9.17, 15) is 0 Å². The molecule has 0 atom stereocenters. The summed E-state index contributed by atoms with van der Waals surface area (Å²) in [6.07, 6.45) is 0. The quantitative estimate of drug-likeness (QED) is 0.173. The molecule has 0 spiro atoms. The molecule has 2 aromatic heterocycles. The predicted molar refractivity (Wildman–Crippen MR) is 225 cm³/mol. The molecule has 53 heavy (non-hydrogen) atoms. The number of hydrogen-bond acceptors (Lipinski definition) is 3. The van der Waals surface area contributed by atoms with Crippen LogP contribution in [-0.2, 0) is 0 Å². The van der Waals surface area contributed by atoms with Crippen LogP contribution in [0.1, 0.15) is 0 Å². The molecular formula is C50H32N2S. The molecule has 0 N–H and O–H groups in total. The first-order valence-corrected chi connectivity index (χ1v) is 18.7. The molecule has 248 valence electrons. The molecule has 0 radical (unpaired) electrons. The lowest BCUT2D eigenvalue weighted by Crippen LogP contribution is -1.97. The van der Waals surface area contributed by atoms with E-state index in [2.05, 4.69) is 194 Å². The first kappa shape index (κ1) is 31.1. The van der Waals surface area contributed by atoms with Gasteiger partial charge in [0.25, 0.3) is 0 Å². The van der Waals surface area contributed by atoms with Crippen LogP contribution in [0.3, 0.4) is 0 Å². The SMILES string of the molecule is c1ccc(-c2ccc(-c3cc(-c4cc(-c5ccccc5)cc(-c5ccc6c(c5)sc5ccccc56)c4)nc(-c4cccc5ccccc45)n3)cc2)cc1. The lowest BCUT2D eigenvalue weighted by Gasteiger charge is -2.14. The van der Waals surface area contributed by atoms with E-state index in [1.165, 1.54) is 42.4 Å². The number of fused-ring (bicyclic) bond motifs is 4. The molecule has 0 unspecified atom stereocenters. The Bertz CT molecular complexity index is 2920. The van der Waals surface area contributed by atoms with Crippen molar-refractivity contribution in [3.63, 3.8) is 0 Å². The highest BCUT2D eigenvalue weighted by Crippen LogP contribution is 2.39. The average molecular weight is 693 g/mol. The van der Waals surface area contributed by atoms with E-state index in [0.29, 0.717) is 5.82 Å². The minimum atomic E-state index is 0.708.